The largest absolute Gasteiger partial charge is 0.425 e. The van der Waals surface area contributed by atoms with Gasteiger partial charge in [-0.15, -0.1) is 0 Å². The van der Waals surface area contributed by atoms with Crippen LogP contribution < -0.4 is 4.74 Å². The van der Waals surface area contributed by atoms with Crippen LogP contribution in [0.1, 0.15) is 37.7 Å². The number of esters is 1. The molecular weight excluding hydrogens is 402 g/mol. The minimum atomic E-state index is -0.664. The third-order valence-corrected chi connectivity index (χ3v) is 4.52. The highest BCUT2D eigenvalue weighted by Gasteiger charge is 2.35. The number of benzene rings is 1. The van der Waals surface area contributed by atoms with Crippen LogP contribution >= 0.6 is 0 Å². The van der Waals surface area contributed by atoms with Crippen LogP contribution in [0.4, 0.5) is 0 Å². The number of aryl methyl sites for hydroxylation is 1. The molecule has 0 aromatic heterocycles. The van der Waals surface area contributed by atoms with Crippen molar-refractivity contribution >= 4 is 11.9 Å². The van der Waals surface area contributed by atoms with E-state index < -0.39 is 17.4 Å². The van der Waals surface area contributed by atoms with E-state index in [1.165, 1.54) is 4.90 Å². The number of hydrogen-bond donors (Lipinski definition) is 4. The summed E-state index contributed by atoms with van der Waals surface area (Å²) in [5.74, 6) is -0.371. The number of carbonyl (C=O) groups is 2. The van der Waals surface area contributed by atoms with Gasteiger partial charge >= 0.3 is 5.97 Å². The molecule has 0 radical (unpaired) electrons. The number of rotatable bonds is 12. The maximum Gasteiger partial charge on any atom is 0.334 e. The van der Waals surface area contributed by atoms with Crippen LogP contribution in [0.5, 0.6) is 5.75 Å². The molecule has 1 aromatic rings. The molecule has 30 heavy (non-hydrogen) atoms. The second-order valence-electron chi connectivity index (χ2n) is 6.69. The zero-order chi connectivity index (χ0) is 21.9. The first-order valence-electron chi connectivity index (χ1n) is 9.58. The van der Waals surface area contributed by atoms with Gasteiger partial charge in [0.05, 0.1) is 24.0 Å². The van der Waals surface area contributed by atoms with Gasteiger partial charge in [-0.25, -0.2) is 4.79 Å². The fourth-order valence-corrected chi connectivity index (χ4v) is 3.19. The van der Waals surface area contributed by atoms with Gasteiger partial charge < -0.3 is 9.64 Å². The summed E-state index contributed by atoms with van der Waals surface area (Å²) in [7, 11) is 0. The number of ether oxygens (including phenoxy) is 1. The Morgan fingerprint density at radius 2 is 1.77 bits per heavy atom. The Morgan fingerprint density at radius 3 is 2.47 bits per heavy atom. The lowest BCUT2D eigenvalue weighted by Gasteiger charge is -2.23. The van der Waals surface area contributed by atoms with Crippen LogP contribution in [0.15, 0.2) is 24.3 Å². The maximum absolute atomic E-state index is 12.6. The second-order valence-corrected chi connectivity index (χ2v) is 6.69. The zero-order valence-electron chi connectivity index (χ0n) is 16.4. The van der Waals surface area contributed by atoms with Gasteiger partial charge in [0, 0.05) is 13.0 Å². The van der Waals surface area contributed by atoms with Crippen LogP contribution in [0.3, 0.4) is 0 Å². The van der Waals surface area contributed by atoms with Crippen molar-refractivity contribution in [2.24, 2.45) is 0 Å². The molecule has 1 unspecified atom stereocenters. The van der Waals surface area contributed by atoms with E-state index in [4.69, 9.17) is 25.6 Å². The SMILES string of the molecule is O=C(Oc1cccc(CCCON(O)O)c1)C1CCCN1C(=O)CCCON(O)O. The van der Waals surface area contributed by atoms with Crippen molar-refractivity contribution in [3.63, 3.8) is 0 Å². The summed E-state index contributed by atoms with van der Waals surface area (Å²) in [5, 5.41) is 33.2. The Hall–Kier alpha value is -2.16. The van der Waals surface area contributed by atoms with E-state index in [0.717, 1.165) is 5.56 Å². The van der Waals surface area contributed by atoms with Crippen LogP contribution in [0.25, 0.3) is 0 Å². The van der Waals surface area contributed by atoms with Crippen molar-refractivity contribution in [1.29, 1.82) is 0 Å². The molecule has 0 bridgehead atoms. The quantitative estimate of drug-likeness (QED) is 0.165. The van der Waals surface area contributed by atoms with E-state index in [-0.39, 0.29) is 37.4 Å². The van der Waals surface area contributed by atoms with Crippen molar-refractivity contribution in [2.75, 3.05) is 19.8 Å². The van der Waals surface area contributed by atoms with E-state index in [1.54, 1.807) is 18.2 Å². The molecule has 1 aliphatic rings. The molecule has 12 heteroatoms. The summed E-state index contributed by atoms with van der Waals surface area (Å²) in [6.45, 7) is 0.516. The predicted molar refractivity (Wildman–Crippen MR) is 97.1 cm³/mol. The number of amides is 1. The van der Waals surface area contributed by atoms with Crippen molar-refractivity contribution < 1.29 is 44.8 Å². The topological polar surface area (TPSA) is 152 Å². The van der Waals surface area contributed by atoms with Gasteiger partial charge in [-0.05, 0) is 49.8 Å². The molecule has 1 aromatic carbocycles. The standard InChI is InChI=1S/C18H27N3O9/c22-17(9-4-12-29-21(26)27)19-10-2-8-16(19)18(23)30-15-7-1-5-14(13-15)6-3-11-28-20(24)25/h1,5,7,13,16,24-27H,2-4,6,8-12H2. The molecular formula is C18H27N3O9. The Bertz CT molecular complexity index is 687. The molecule has 12 nitrogen and oxygen atoms in total. The summed E-state index contributed by atoms with van der Waals surface area (Å²) in [4.78, 5) is 35.4. The zero-order valence-corrected chi connectivity index (χ0v) is 16.4. The minimum Gasteiger partial charge on any atom is -0.425 e. The summed E-state index contributed by atoms with van der Waals surface area (Å²) in [5.41, 5.74) is 0.882. The molecule has 0 saturated carbocycles. The lowest BCUT2D eigenvalue weighted by molar-refractivity contribution is -0.492. The van der Waals surface area contributed by atoms with E-state index in [0.29, 0.717) is 38.0 Å². The first-order valence-corrected chi connectivity index (χ1v) is 9.58. The van der Waals surface area contributed by atoms with Gasteiger partial charge in [0.15, 0.2) is 0 Å². The summed E-state index contributed by atoms with van der Waals surface area (Å²) >= 11 is 0. The average Bonchev–Trinajstić information content (AvgIpc) is 3.18. The molecule has 1 saturated heterocycles. The molecule has 1 aliphatic heterocycles. The predicted octanol–water partition coefficient (Wildman–Crippen LogP) is 1.32. The molecule has 0 spiro atoms. The molecule has 0 aliphatic carbocycles. The van der Waals surface area contributed by atoms with Gasteiger partial charge in [0.1, 0.15) is 11.8 Å². The normalized spacial score (nSPS) is 16.5. The number of likely N-dealkylation sites (tertiary alicyclic amines) is 1. The fourth-order valence-electron chi connectivity index (χ4n) is 3.19. The highest BCUT2D eigenvalue weighted by atomic mass is 17.1. The van der Waals surface area contributed by atoms with E-state index in [2.05, 4.69) is 9.68 Å². The van der Waals surface area contributed by atoms with E-state index in [1.807, 2.05) is 6.07 Å². The number of carbonyl (C=O) groups excluding carboxylic acids is 2. The molecule has 1 amide bonds. The molecule has 1 heterocycles. The molecule has 1 fully saturated rings. The number of hydrogen-bond acceptors (Lipinski definition) is 11. The minimum absolute atomic E-state index is 0.0475. The van der Waals surface area contributed by atoms with Gasteiger partial charge in [-0.3, -0.25) is 35.3 Å². The van der Waals surface area contributed by atoms with Gasteiger partial charge in [-0.2, -0.15) is 0 Å². The van der Waals surface area contributed by atoms with Crippen LogP contribution in [0.2, 0.25) is 0 Å². The van der Waals surface area contributed by atoms with Gasteiger partial charge in [0.25, 0.3) is 0 Å². The molecule has 168 valence electrons. The maximum atomic E-state index is 12.6. The molecule has 1 atom stereocenters. The highest BCUT2D eigenvalue weighted by molar-refractivity contribution is 5.86. The summed E-state index contributed by atoms with van der Waals surface area (Å²) in [6.07, 6.45) is 2.68. The lowest BCUT2D eigenvalue weighted by Crippen LogP contribution is -2.42. The molecule has 2 rings (SSSR count). The van der Waals surface area contributed by atoms with Crippen LogP contribution in [-0.2, 0) is 25.7 Å². The molecule has 4 N–H and O–H groups in total. The summed E-state index contributed by atoms with van der Waals surface area (Å²) in [6, 6.07) is 6.28. The first-order chi connectivity index (χ1) is 14.4. The van der Waals surface area contributed by atoms with Crippen molar-refractivity contribution in [3.8, 4) is 5.75 Å². The van der Waals surface area contributed by atoms with Crippen molar-refractivity contribution in [2.45, 2.75) is 44.6 Å². The fraction of sp³-hybridized carbons (Fsp3) is 0.556. The summed E-state index contributed by atoms with van der Waals surface area (Å²) < 4.78 is 5.47. The average molecular weight is 429 g/mol. The third-order valence-electron chi connectivity index (χ3n) is 4.52. The monoisotopic (exact) mass is 429 g/mol. The smallest absolute Gasteiger partial charge is 0.334 e. The van der Waals surface area contributed by atoms with Crippen LogP contribution in [0, 0.1) is 0 Å². The lowest BCUT2D eigenvalue weighted by atomic mass is 10.1. The van der Waals surface area contributed by atoms with E-state index in [9.17, 15) is 9.59 Å². The van der Waals surface area contributed by atoms with Crippen molar-refractivity contribution in [3.05, 3.63) is 29.8 Å². The van der Waals surface area contributed by atoms with Gasteiger partial charge in [0.2, 0.25) is 5.91 Å². The third kappa shape index (κ3) is 8.30. The van der Waals surface area contributed by atoms with Gasteiger partial charge in [-0.1, -0.05) is 12.1 Å². The Kier molecular flexibility index (Phi) is 10.1. The second kappa shape index (κ2) is 12.5. The Morgan fingerprint density at radius 1 is 1.07 bits per heavy atom. The van der Waals surface area contributed by atoms with Crippen molar-refractivity contribution in [1.82, 2.24) is 15.7 Å². The van der Waals surface area contributed by atoms with E-state index >= 15 is 0 Å². The Balaban J connectivity index is 1.84. The Labute approximate surface area is 173 Å². The number of nitrogens with zero attached hydrogens (tertiary/aromatic N) is 3. The van der Waals surface area contributed by atoms with Crippen LogP contribution in [-0.4, -0.2) is 74.2 Å². The highest BCUT2D eigenvalue weighted by Crippen LogP contribution is 2.22. The first kappa shape index (κ1) is 24.1.